The smallest absolute Gasteiger partial charge is 0.188 e. The number of sulfone groups is 1. The summed E-state index contributed by atoms with van der Waals surface area (Å²) in [6, 6.07) is 19.7. The van der Waals surface area contributed by atoms with Crippen LogP contribution in [-0.2, 0) is 15.3 Å². The Morgan fingerprint density at radius 3 is 2.08 bits per heavy atom. The largest absolute Gasteiger partial charge is 0.223 e. The van der Waals surface area contributed by atoms with Crippen molar-refractivity contribution in [1.29, 1.82) is 0 Å². The molecule has 0 radical (unpaired) electrons. The molecular weight excluding hydrogens is 328 g/mol. The third-order valence-corrected chi connectivity index (χ3v) is 9.51. The lowest BCUT2D eigenvalue weighted by atomic mass is 9.36. The van der Waals surface area contributed by atoms with Crippen LogP contribution < -0.4 is 0 Å². The summed E-state index contributed by atoms with van der Waals surface area (Å²) in [7, 11) is -3.39. The van der Waals surface area contributed by atoms with Gasteiger partial charge in [-0.3, -0.25) is 0 Å². The monoisotopic (exact) mass is 350 g/mol. The minimum Gasteiger partial charge on any atom is -0.223 e. The molecule has 0 aromatic heterocycles. The Morgan fingerprint density at radius 1 is 0.840 bits per heavy atom. The molecule has 3 heteroatoms. The second-order valence-corrected chi connectivity index (χ2v) is 9.90. The first kappa shape index (κ1) is 15.4. The van der Waals surface area contributed by atoms with E-state index in [1.54, 1.807) is 12.1 Å². The fourth-order valence-corrected chi connectivity index (χ4v) is 8.78. The van der Waals surface area contributed by atoms with Crippen molar-refractivity contribution in [2.75, 3.05) is 0 Å². The quantitative estimate of drug-likeness (QED) is 0.762. The van der Waals surface area contributed by atoms with Gasteiger partial charge in [-0.05, 0) is 48.8 Å². The van der Waals surface area contributed by atoms with Crippen molar-refractivity contribution in [2.24, 2.45) is 11.8 Å². The van der Waals surface area contributed by atoms with E-state index in [2.05, 4.69) is 36.4 Å². The SMILES string of the molecule is O=S(=O)(c1ccccc1)C12C=CCC3(c4ccccc4)C1CCCC32. The van der Waals surface area contributed by atoms with Gasteiger partial charge in [-0.2, -0.15) is 0 Å². The summed E-state index contributed by atoms with van der Waals surface area (Å²) >= 11 is 0. The highest BCUT2D eigenvalue weighted by molar-refractivity contribution is 7.93. The minimum absolute atomic E-state index is 0.0100. The second kappa shape index (κ2) is 5.07. The van der Waals surface area contributed by atoms with E-state index in [1.165, 1.54) is 5.56 Å². The summed E-state index contributed by atoms with van der Waals surface area (Å²) < 4.78 is 26.7. The number of rotatable bonds is 3. The lowest BCUT2D eigenvalue weighted by Gasteiger charge is -2.72. The molecule has 128 valence electrons. The van der Waals surface area contributed by atoms with Gasteiger partial charge in [-0.1, -0.05) is 67.1 Å². The van der Waals surface area contributed by atoms with Gasteiger partial charge in [0.05, 0.1) is 4.90 Å². The molecule has 0 N–H and O–H groups in total. The fraction of sp³-hybridized carbons (Fsp3) is 0.364. The van der Waals surface area contributed by atoms with E-state index in [0.717, 1.165) is 25.7 Å². The third-order valence-electron chi connectivity index (χ3n) is 6.98. The maximum absolute atomic E-state index is 13.7. The maximum atomic E-state index is 13.7. The zero-order valence-electron chi connectivity index (χ0n) is 14.1. The number of allylic oxidation sites excluding steroid dienone is 1. The molecule has 0 heterocycles. The van der Waals surface area contributed by atoms with Crippen LogP contribution >= 0.6 is 0 Å². The molecule has 2 fully saturated rings. The zero-order chi connectivity index (χ0) is 17.1. The van der Waals surface area contributed by atoms with E-state index in [9.17, 15) is 8.42 Å². The molecule has 0 spiro atoms. The number of hydrogen-bond donors (Lipinski definition) is 0. The molecule has 5 rings (SSSR count). The van der Waals surface area contributed by atoms with E-state index in [4.69, 9.17) is 0 Å². The van der Waals surface area contributed by atoms with Crippen LogP contribution in [0.2, 0.25) is 0 Å². The predicted molar refractivity (Wildman–Crippen MR) is 99.1 cm³/mol. The van der Waals surface area contributed by atoms with E-state index < -0.39 is 14.6 Å². The van der Waals surface area contributed by atoms with Crippen molar-refractivity contribution in [3.8, 4) is 0 Å². The highest BCUT2D eigenvalue weighted by Crippen LogP contribution is 2.73. The van der Waals surface area contributed by atoms with Crippen molar-refractivity contribution in [1.82, 2.24) is 0 Å². The van der Waals surface area contributed by atoms with Crippen LogP contribution in [0.15, 0.2) is 77.7 Å². The molecule has 4 bridgehead atoms. The molecule has 3 aliphatic carbocycles. The Balaban J connectivity index is 1.70. The van der Waals surface area contributed by atoms with E-state index in [0.29, 0.717) is 4.90 Å². The lowest BCUT2D eigenvalue weighted by molar-refractivity contribution is -0.0644. The molecule has 3 aliphatic rings. The van der Waals surface area contributed by atoms with Crippen LogP contribution in [0.4, 0.5) is 0 Å². The molecule has 0 amide bonds. The summed E-state index contributed by atoms with van der Waals surface area (Å²) in [5, 5.41) is 0. The fourth-order valence-electron chi connectivity index (χ4n) is 6.18. The van der Waals surface area contributed by atoms with Gasteiger partial charge in [0.1, 0.15) is 4.75 Å². The topological polar surface area (TPSA) is 34.1 Å². The van der Waals surface area contributed by atoms with E-state index >= 15 is 0 Å². The summed E-state index contributed by atoms with van der Waals surface area (Å²) in [6.45, 7) is 0. The van der Waals surface area contributed by atoms with Crippen molar-refractivity contribution >= 4 is 9.84 Å². The Morgan fingerprint density at radius 2 is 1.44 bits per heavy atom. The summed E-state index contributed by atoms with van der Waals surface area (Å²) in [5.41, 5.74) is 1.34. The van der Waals surface area contributed by atoms with Gasteiger partial charge in [0.25, 0.3) is 0 Å². The zero-order valence-corrected chi connectivity index (χ0v) is 15.0. The van der Waals surface area contributed by atoms with Crippen molar-refractivity contribution in [2.45, 2.75) is 40.7 Å². The Labute approximate surface area is 149 Å². The molecule has 2 aromatic rings. The van der Waals surface area contributed by atoms with Gasteiger partial charge in [0.2, 0.25) is 0 Å². The number of hydrogen-bond acceptors (Lipinski definition) is 2. The lowest BCUT2D eigenvalue weighted by Crippen LogP contribution is -2.76. The average Bonchev–Trinajstić information content (AvgIpc) is 2.70. The van der Waals surface area contributed by atoms with Crippen LogP contribution in [0.5, 0.6) is 0 Å². The van der Waals surface area contributed by atoms with Gasteiger partial charge in [0.15, 0.2) is 9.84 Å². The molecular formula is C22H22O2S. The van der Waals surface area contributed by atoms with Crippen LogP contribution in [0.1, 0.15) is 31.2 Å². The Hall–Kier alpha value is -1.87. The minimum atomic E-state index is -3.39. The van der Waals surface area contributed by atoms with Gasteiger partial charge in [-0.15, -0.1) is 0 Å². The first-order valence-corrected chi connectivity index (χ1v) is 10.7. The number of fused-ring (bicyclic) bond motifs is 1. The molecule has 2 atom stereocenters. The van der Waals surface area contributed by atoms with Gasteiger partial charge in [-0.25, -0.2) is 8.42 Å². The Kier molecular flexibility index (Phi) is 3.12. The van der Waals surface area contributed by atoms with Crippen molar-refractivity contribution in [3.05, 3.63) is 78.4 Å². The second-order valence-electron chi connectivity index (χ2n) is 7.72. The molecule has 2 saturated carbocycles. The molecule has 0 saturated heterocycles. The maximum Gasteiger partial charge on any atom is 0.188 e. The number of benzene rings is 2. The van der Waals surface area contributed by atoms with E-state index in [-0.39, 0.29) is 17.3 Å². The van der Waals surface area contributed by atoms with Crippen molar-refractivity contribution in [3.63, 3.8) is 0 Å². The average molecular weight is 350 g/mol. The third kappa shape index (κ3) is 1.68. The standard InChI is InChI=1S/C22H22O2S/c23-25(24,18-11-5-2-6-12-18)22-16-8-15-21(17-9-3-1-4-10-17)19(22)13-7-14-20(21)22/h1-6,8-12,16,19-20H,7,13-15H2. The van der Waals surface area contributed by atoms with Crippen LogP contribution in [-0.4, -0.2) is 13.2 Å². The summed E-state index contributed by atoms with van der Waals surface area (Å²) in [5.74, 6) is 0.382. The normalized spacial score (nSPS) is 35.8. The first-order valence-electron chi connectivity index (χ1n) is 9.17. The van der Waals surface area contributed by atoms with Gasteiger partial charge in [0, 0.05) is 5.41 Å². The molecule has 2 unspecified atom stereocenters. The highest BCUT2D eigenvalue weighted by atomic mass is 32.2. The molecule has 0 aliphatic heterocycles. The van der Waals surface area contributed by atoms with Crippen LogP contribution in [0.25, 0.3) is 0 Å². The van der Waals surface area contributed by atoms with E-state index in [1.807, 2.05) is 24.3 Å². The molecule has 2 nitrogen and oxygen atoms in total. The van der Waals surface area contributed by atoms with Gasteiger partial charge < -0.3 is 0 Å². The van der Waals surface area contributed by atoms with Crippen LogP contribution in [0.3, 0.4) is 0 Å². The first-order chi connectivity index (χ1) is 12.1. The van der Waals surface area contributed by atoms with Crippen LogP contribution in [0, 0.1) is 11.8 Å². The predicted octanol–water partition coefficient (Wildman–Crippen LogP) is 4.53. The van der Waals surface area contributed by atoms with Crippen molar-refractivity contribution < 1.29 is 8.42 Å². The molecule has 25 heavy (non-hydrogen) atoms. The Bertz CT molecular complexity index is 917. The van der Waals surface area contributed by atoms with Gasteiger partial charge >= 0.3 is 0 Å². The summed E-state index contributed by atoms with van der Waals surface area (Å²) in [4.78, 5) is 0.472. The molecule has 2 aromatic carbocycles. The highest BCUT2D eigenvalue weighted by Gasteiger charge is 2.76. The summed E-state index contributed by atoms with van der Waals surface area (Å²) in [6.07, 6.45) is 8.30.